The van der Waals surface area contributed by atoms with Gasteiger partial charge in [-0.05, 0) is 51.2 Å². The lowest BCUT2D eigenvalue weighted by molar-refractivity contribution is 0.450. The molecule has 0 aliphatic carbocycles. The van der Waals surface area contributed by atoms with Gasteiger partial charge in [0, 0.05) is 30.3 Å². The van der Waals surface area contributed by atoms with Crippen LogP contribution in [0.5, 0.6) is 0 Å². The second-order valence-electron chi connectivity index (χ2n) is 7.38. The Kier molecular flexibility index (Phi) is 5.11. The summed E-state index contributed by atoms with van der Waals surface area (Å²) in [6, 6.07) is 11.1. The van der Waals surface area contributed by atoms with Gasteiger partial charge >= 0.3 is 0 Å². The van der Waals surface area contributed by atoms with Gasteiger partial charge in [0.2, 0.25) is 0 Å². The number of benzene rings is 1. The molecule has 1 aliphatic rings. The molecule has 148 valence electrons. The van der Waals surface area contributed by atoms with E-state index in [2.05, 4.69) is 15.2 Å². The maximum Gasteiger partial charge on any atom is 0.132 e. The van der Waals surface area contributed by atoms with Crippen LogP contribution in [-0.4, -0.2) is 41.9 Å². The average molecular weight is 389 g/mol. The maximum absolute atomic E-state index is 14.3. The van der Waals surface area contributed by atoms with Crippen molar-refractivity contribution in [3.05, 3.63) is 71.3 Å². The van der Waals surface area contributed by atoms with Crippen molar-refractivity contribution in [1.29, 1.82) is 5.41 Å². The van der Waals surface area contributed by atoms with E-state index in [-0.39, 0.29) is 11.3 Å². The molecule has 2 aromatic heterocycles. The Hall–Kier alpha value is -3.12. The number of nitrogens with one attached hydrogen (secondary N) is 2. The summed E-state index contributed by atoms with van der Waals surface area (Å²) in [5, 5.41) is 11.9. The Morgan fingerprint density at radius 3 is 2.72 bits per heavy atom. The number of likely N-dealkylation sites (N-methyl/N-ethyl adjacent to an activating group) is 1. The molecular formula is C23H24FN5. The lowest BCUT2D eigenvalue weighted by Crippen LogP contribution is -2.57. The minimum Gasteiger partial charge on any atom is -0.367 e. The van der Waals surface area contributed by atoms with E-state index in [9.17, 15) is 4.39 Å². The monoisotopic (exact) mass is 389 g/mol. The van der Waals surface area contributed by atoms with Crippen LogP contribution in [0.3, 0.4) is 0 Å². The van der Waals surface area contributed by atoms with E-state index >= 15 is 0 Å². The largest absolute Gasteiger partial charge is 0.367 e. The fourth-order valence-electron chi connectivity index (χ4n) is 3.59. The number of aromatic nitrogens is 2. The number of fused-ring (bicyclic) bond motifs is 1. The lowest BCUT2D eigenvalue weighted by Gasteiger charge is -2.40. The number of halogens is 1. The third-order valence-electron chi connectivity index (χ3n) is 5.40. The van der Waals surface area contributed by atoms with Gasteiger partial charge in [0.25, 0.3) is 0 Å². The van der Waals surface area contributed by atoms with Crippen LogP contribution in [-0.2, 0) is 0 Å². The molecule has 5 nitrogen and oxygen atoms in total. The standard InChI is InChI=1S/C23H24FN5/c1-4-17(23(25)18-9-14(2)5-6-19(18)24)20-7-8-21-22(28-20)10-16(11-27-21)29-12-15(13-29)26-3/h4-11,15,25-26H,12-13H2,1-3H3/b17-4-,25-23?. The van der Waals surface area contributed by atoms with Crippen LogP contribution in [0.25, 0.3) is 16.6 Å². The molecule has 6 heteroatoms. The zero-order valence-corrected chi connectivity index (χ0v) is 16.8. The fourth-order valence-corrected chi connectivity index (χ4v) is 3.59. The number of allylic oxidation sites excluding steroid dienone is 2. The predicted octanol–water partition coefficient (Wildman–Crippen LogP) is 3.96. The normalized spacial score (nSPS) is 14.9. The van der Waals surface area contributed by atoms with Gasteiger partial charge in [-0.15, -0.1) is 0 Å². The minimum atomic E-state index is -0.401. The molecule has 4 rings (SSSR count). The van der Waals surface area contributed by atoms with Crippen molar-refractivity contribution in [2.45, 2.75) is 19.9 Å². The van der Waals surface area contributed by atoms with Gasteiger partial charge in [-0.3, -0.25) is 10.4 Å². The van der Waals surface area contributed by atoms with Gasteiger partial charge in [0.05, 0.1) is 34.3 Å². The van der Waals surface area contributed by atoms with Crippen LogP contribution in [0.1, 0.15) is 23.7 Å². The Bertz CT molecular complexity index is 1120. The molecule has 1 saturated heterocycles. The SMILES string of the molecule is C/C=C(\C(=N)c1cc(C)ccc1F)c1ccc2ncc(N3CC(NC)C3)cc2n1. The minimum absolute atomic E-state index is 0.129. The van der Waals surface area contributed by atoms with E-state index in [0.717, 1.165) is 35.4 Å². The molecule has 2 N–H and O–H groups in total. The third-order valence-corrected chi connectivity index (χ3v) is 5.40. The van der Waals surface area contributed by atoms with Gasteiger partial charge < -0.3 is 10.2 Å². The van der Waals surface area contributed by atoms with Crippen LogP contribution < -0.4 is 10.2 Å². The Labute approximate surface area is 169 Å². The molecule has 0 amide bonds. The first-order valence-corrected chi connectivity index (χ1v) is 9.71. The first-order valence-electron chi connectivity index (χ1n) is 9.71. The van der Waals surface area contributed by atoms with E-state index in [1.54, 1.807) is 12.1 Å². The number of hydrogen-bond donors (Lipinski definition) is 2. The van der Waals surface area contributed by atoms with Gasteiger partial charge in [0.1, 0.15) is 5.82 Å². The number of rotatable bonds is 5. The van der Waals surface area contributed by atoms with Crippen molar-refractivity contribution in [1.82, 2.24) is 15.3 Å². The van der Waals surface area contributed by atoms with Gasteiger partial charge in [-0.25, -0.2) is 9.37 Å². The zero-order chi connectivity index (χ0) is 20.5. The van der Waals surface area contributed by atoms with E-state index < -0.39 is 5.82 Å². The second kappa shape index (κ2) is 7.72. The molecule has 1 fully saturated rings. The number of aryl methyl sites for hydroxylation is 1. The molecule has 0 spiro atoms. The lowest BCUT2D eigenvalue weighted by atomic mass is 9.97. The summed E-state index contributed by atoms with van der Waals surface area (Å²) in [5.74, 6) is -0.401. The summed E-state index contributed by atoms with van der Waals surface area (Å²) < 4.78 is 14.3. The molecule has 0 saturated carbocycles. The summed E-state index contributed by atoms with van der Waals surface area (Å²) in [6.07, 6.45) is 3.68. The van der Waals surface area contributed by atoms with Gasteiger partial charge in [-0.2, -0.15) is 0 Å². The average Bonchev–Trinajstić information content (AvgIpc) is 2.69. The van der Waals surface area contributed by atoms with E-state index in [1.165, 1.54) is 6.07 Å². The zero-order valence-electron chi connectivity index (χ0n) is 16.8. The van der Waals surface area contributed by atoms with Gasteiger partial charge in [0.15, 0.2) is 0 Å². The summed E-state index contributed by atoms with van der Waals surface area (Å²) in [5.41, 5.74) is 5.17. The molecule has 1 aromatic carbocycles. The highest BCUT2D eigenvalue weighted by Gasteiger charge is 2.25. The van der Waals surface area contributed by atoms with E-state index in [4.69, 9.17) is 10.4 Å². The Morgan fingerprint density at radius 1 is 1.21 bits per heavy atom. The summed E-state index contributed by atoms with van der Waals surface area (Å²) in [4.78, 5) is 11.5. The second-order valence-corrected chi connectivity index (χ2v) is 7.38. The molecule has 3 heterocycles. The number of pyridine rings is 2. The van der Waals surface area contributed by atoms with Crippen molar-refractivity contribution in [2.24, 2.45) is 0 Å². The number of nitrogens with zero attached hydrogens (tertiary/aromatic N) is 3. The topological polar surface area (TPSA) is 64.9 Å². The molecule has 0 atom stereocenters. The molecular weight excluding hydrogens is 365 g/mol. The molecule has 0 radical (unpaired) electrons. The first kappa shape index (κ1) is 19.2. The Morgan fingerprint density at radius 2 is 2.00 bits per heavy atom. The maximum atomic E-state index is 14.3. The van der Waals surface area contributed by atoms with Crippen molar-refractivity contribution in [3.63, 3.8) is 0 Å². The Balaban J connectivity index is 1.68. The quantitative estimate of drug-likeness (QED) is 0.649. The predicted molar refractivity (Wildman–Crippen MR) is 116 cm³/mol. The molecule has 29 heavy (non-hydrogen) atoms. The van der Waals surface area contributed by atoms with Crippen molar-refractivity contribution < 1.29 is 4.39 Å². The highest BCUT2D eigenvalue weighted by atomic mass is 19.1. The molecule has 1 aliphatic heterocycles. The molecule has 0 unspecified atom stereocenters. The van der Waals surface area contributed by atoms with E-state index in [1.807, 2.05) is 51.4 Å². The molecule has 3 aromatic rings. The van der Waals surface area contributed by atoms with Crippen LogP contribution >= 0.6 is 0 Å². The number of anilines is 1. The van der Waals surface area contributed by atoms with Crippen LogP contribution in [0, 0.1) is 18.2 Å². The summed E-state index contributed by atoms with van der Waals surface area (Å²) in [6.45, 7) is 5.62. The third kappa shape index (κ3) is 3.63. The number of hydrogen-bond acceptors (Lipinski definition) is 5. The van der Waals surface area contributed by atoms with Crippen molar-refractivity contribution >= 4 is 28.0 Å². The van der Waals surface area contributed by atoms with Gasteiger partial charge in [-0.1, -0.05) is 17.7 Å². The summed E-state index contributed by atoms with van der Waals surface area (Å²) >= 11 is 0. The smallest absolute Gasteiger partial charge is 0.132 e. The van der Waals surface area contributed by atoms with Crippen molar-refractivity contribution in [3.8, 4) is 0 Å². The van der Waals surface area contributed by atoms with Crippen LogP contribution in [0.4, 0.5) is 10.1 Å². The highest BCUT2D eigenvalue weighted by Crippen LogP contribution is 2.26. The fraction of sp³-hybridized carbons (Fsp3) is 0.261. The van der Waals surface area contributed by atoms with Crippen molar-refractivity contribution in [2.75, 3.05) is 25.0 Å². The first-order chi connectivity index (χ1) is 14.0. The highest BCUT2D eigenvalue weighted by molar-refractivity contribution is 6.30. The van der Waals surface area contributed by atoms with E-state index in [0.29, 0.717) is 17.3 Å². The van der Waals surface area contributed by atoms with Crippen LogP contribution in [0.15, 0.2) is 48.7 Å². The van der Waals surface area contributed by atoms with Crippen LogP contribution in [0.2, 0.25) is 0 Å². The summed E-state index contributed by atoms with van der Waals surface area (Å²) in [7, 11) is 1.97. The molecule has 0 bridgehead atoms.